The van der Waals surface area contributed by atoms with Crippen LogP contribution in [-0.2, 0) is 4.79 Å². The Kier molecular flexibility index (Phi) is 6.81. The van der Waals surface area contributed by atoms with E-state index in [1.807, 2.05) is 29.0 Å². The number of hydrogen-bond acceptors (Lipinski definition) is 5. The number of amides is 2. The second-order valence-corrected chi connectivity index (χ2v) is 7.77. The molecule has 30 heavy (non-hydrogen) atoms. The predicted octanol–water partition coefficient (Wildman–Crippen LogP) is 4.33. The summed E-state index contributed by atoms with van der Waals surface area (Å²) in [6.07, 6.45) is 0. The van der Waals surface area contributed by atoms with E-state index in [-0.39, 0.29) is 17.2 Å². The average molecular weight is 444 g/mol. The topological polar surface area (TPSA) is 101 Å². The minimum atomic E-state index is -0.856. The van der Waals surface area contributed by atoms with E-state index in [1.54, 1.807) is 19.1 Å². The highest BCUT2D eigenvalue weighted by atomic mass is 35.5. The Morgan fingerprint density at radius 2 is 1.80 bits per heavy atom. The lowest BCUT2D eigenvalue weighted by atomic mass is 10.0. The SMILES string of the molecule is CC(NC(=O)c1cccc([N+](=O)[O-])c1)C(=O)NC(c1ccc(Cl)cc1)c1ccsc1. The average Bonchev–Trinajstić information content (AvgIpc) is 3.27. The van der Waals surface area contributed by atoms with Crippen molar-refractivity contribution in [3.8, 4) is 0 Å². The molecular formula is C21H18ClN3O4S. The molecule has 0 aliphatic carbocycles. The second-order valence-electron chi connectivity index (χ2n) is 6.55. The quantitative estimate of drug-likeness (QED) is 0.419. The maximum atomic E-state index is 12.8. The number of halogens is 1. The first-order valence-electron chi connectivity index (χ1n) is 8.98. The Balaban J connectivity index is 1.72. The summed E-state index contributed by atoms with van der Waals surface area (Å²) in [5, 5.41) is 20.9. The third-order valence-electron chi connectivity index (χ3n) is 4.43. The smallest absolute Gasteiger partial charge is 0.270 e. The lowest BCUT2D eigenvalue weighted by Crippen LogP contribution is -2.46. The normalized spacial score (nSPS) is 12.6. The number of non-ortho nitro benzene ring substituents is 1. The molecule has 2 unspecified atom stereocenters. The molecule has 2 aromatic carbocycles. The van der Waals surface area contributed by atoms with Gasteiger partial charge in [0.1, 0.15) is 6.04 Å². The van der Waals surface area contributed by atoms with Gasteiger partial charge in [-0.2, -0.15) is 11.3 Å². The predicted molar refractivity (Wildman–Crippen MR) is 116 cm³/mol. The van der Waals surface area contributed by atoms with Crippen molar-refractivity contribution in [1.82, 2.24) is 10.6 Å². The molecule has 1 heterocycles. The van der Waals surface area contributed by atoms with Crippen LogP contribution in [0, 0.1) is 10.1 Å². The zero-order chi connectivity index (χ0) is 21.7. The summed E-state index contributed by atoms with van der Waals surface area (Å²) in [5.41, 5.74) is 1.67. The molecule has 0 saturated heterocycles. The van der Waals surface area contributed by atoms with Gasteiger partial charge in [0.2, 0.25) is 5.91 Å². The summed E-state index contributed by atoms with van der Waals surface area (Å²) < 4.78 is 0. The minimum Gasteiger partial charge on any atom is -0.343 e. The highest BCUT2D eigenvalue weighted by Crippen LogP contribution is 2.25. The highest BCUT2D eigenvalue weighted by molar-refractivity contribution is 7.08. The van der Waals surface area contributed by atoms with Crippen LogP contribution in [0.4, 0.5) is 5.69 Å². The molecule has 0 fully saturated rings. The number of nitrogens with one attached hydrogen (secondary N) is 2. The van der Waals surface area contributed by atoms with Crippen molar-refractivity contribution in [2.75, 3.05) is 0 Å². The Morgan fingerprint density at radius 1 is 1.07 bits per heavy atom. The summed E-state index contributed by atoms with van der Waals surface area (Å²) in [5.74, 6) is -0.958. The second kappa shape index (κ2) is 9.51. The maximum Gasteiger partial charge on any atom is 0.270 e. The number of carbonyl (C=O) groups excluding carboxylic acids is 2. The van der Waals surface area contributed by atoms with Crippen LogP contribution >= 0.6 is 22.9 Å². The van der Waals surface area contributed by atoms with E-state index >= 15 is 0 Å². The van der Waals surface area contributed by atoms with E-state index in [0.717, 1.165) is 11.1 Å². The maximum absolute atomic E-state index is 12.8. The molecule has 154 valence electrons. The molecule has 0 bridgehead atoms. The summed E-state index contributed by atoms with van der Waals surface area (Å²) in [6, 6.07) is 13.1. The van der Waals surface area contributed by atoms with E-state index in [4.69, 9.17) is 11.6 Å². The fraction of sp³-hybridized carbons (Fsp3) is 0.143. The Morgan fingerprint density at radius 3 is 2.43 bits per heavy atom. The molecule has 2 atom stereocenters. The van der Waals surface area contributed by atoms with Crippen molar-refractivity contribution in [2.45, 2.75) is 19.0 Å². The van der Waals surface area contributed by atoms with Gasteiger partial charge in [0.15, 0.2) is 0 Å². The lowest BCUT2D eigenvalue weighted by Gasteiger charge is -2.22. The Hall–Kier alpha value is -3.23. The zero-order valence-corrected chi connectivity index (χ0v) is 17.4. The van der Waals surface area contributed by atoms with Crippen LogP contribution in [-0.4, -0.2) is 22.8 Å². The van der Waals surface area contributed by atoms with Gasteiger partial charge in [-0.15, -0.1) is 0 Å². The van der Waals surface area contributed by atoms with Crippen LogP contribution in [0.25, 0.3) is 0 Å². The van der Waals surface area contributed by atoms with Gasteiger partial charge < -0.3 is 10.6 Å². The molecule has 2 N–H and O–H groups in total. The van der Waals surface area contributed by atoms with E-state index in [9.17, 15) is 19.7 Å². The van der Waals surface area contributed by atoms with Crippen molar-refractivity contribution in [3.05, 3.63) is 97.2 Å². The van der Waals surface area contributed by atoms with Gasteiger partial charge in [-0.05, 0) is 53.1 Å². The minimum absolute atomic E-state index is 0.107. The van der Waals surface area contributed by atoms with Crippen molar-refractivity contribution in [3.63, 3.8) is 0 Å². The standard InChI is InChI=1S/C21H18ClN3O4S/c1-13(23-21(27)15-3-2-4-18(11-15)25(28)29)20(26)24-19(16-9-10-30-12-16)14-5-7-17(22)8-6-14/h2-13,19H,1H3,(H,23,27)(H,24,26). The molecule has 1 aromatic heterocycles. The van der Waals surface area contributed by atoms with Gasteiger partial charge in [-0.25, -0.2) is 0 Å². The molecule has 3 rings (SSSR count). The molecule has 9 heteroatoms. The van der Waals surface area contributed by atoms with Crippen molar-refractivity contribution >= 4 is 40.4 Å². The summed E-state index contributed by atoms with van der Waals surface area (Å²) in [4.78, 5) is 35.5. The zero-order valence-electron chi connectivity index (χ0n) is 15.9. The third kappa shape index (κ3) is 5.22. The molecule has 2 amide bonds. The van der Waals surface area contributed by atoms with E-state index in [2.05, 4.69) is 10.6 Å². The highest BCUT2D eigenvalue weighted by Gasteiger charge is 2.23. The Labute approximate surface area is 181 Å². The number of nitrogens with zero attached hydrogens (tertiary/aromatic N) is 1. The summed E-state index contributed by atoms with van der Waals surface area (Å²) in [7, 11) is 0. The Bertz CT molecular complexity index is 1050. The van der Waals surface area contributed by atoms with Crippen molar-refractivity contribution < 1.29 is 14.5 Å². The number of rotatable bonds is 7. The first kappa shape index (κ1) is 21.5. The van der Waals surface area contributed by atoms with Crippen LogP contribution in [0.5, 0.6) is 0 Å². The van der Waals surface area contributed by atoms with Crippen molar-refractivity contribution in [2.24, 2.45) is 0 Å². The van der Waals surface area contributed by atoms with Crippen LogP contribution in [0.1, 0.15) is 34.5 Å². The molecule has 0 aliphatic rings. The molecule has 3 aromatic rings. The first-order valence-corrected chi connectivity index (χ1v) is 10.3. The first-order chi connectivity index (χ1) is 14.3. The van der Waals surface area contributed by atoms with E-state index < -0.39 is 22.9 Å². The molecule has 7 nitrogen and oxygen atoms in total. The number of hydrogen-bond donors (Lipinski definition) is 2. The van der Waals surface area contributed by atoms with Gasteiger partial charge in [-0.3, -0.25) is 19.7 Å². The van der Waals surface area contributed by atoms with Gasteiger partial charge in [0, 0.05) is 22.7 Å². The number of nitro benzene ring substituents is 1. The number of nitro groups is 1. The third-order valence-corrected chi connectivity index (χ3v) is 5.38. The number of benzene rings is 2. The van der Waals surface area contributed by atoms with Crippen LogP contribution in [0.3, 0.4) is 0 Å². The largest absolute Gasteiger partial charge is 0.343 e. The van der Waals surface area contributed by atoms with Gasteiger partial charge in [0.05, 0.1) is 11.0 Å². The van der Waals surface area contributed by atoms with E-state index in [0.29, 0.717) is 5.02 Å². The van der Waals surface area contributed by atoms with E-state index in [1.165, 1.54) is 35.6 Å². The fourth-order valence-corrected chi connectivity index (χ4v) is 3.64. The summed E-state index contributed by atoms with van der Waals surface area (Å²) >= 11 is 7.48. The van der Waals surface area contributed by atoms with Crippen LogP contribution in [0.2, 0.25) is 5.02 Å². The molecule has 0 aliphatic heterocycles. The van der Waals surface area contributed by atoms with Crippen molar-refractivity contribution in [1.29, 1.82) is 0 Å². The summed E-state index contributed by atoms with van der Waals surface area (Å²) in [6.45, 7) is 1.55. The fourth-order valence-electron chi connectivity index (χ4n) is 2.83. The van der Waals surface area contributed by atoms with Gasteiger partial charge in [0.25, 0.3) is 11.6 Å². The molecule has 0 saturated carbocycles. The number of carbonyl (C=O) groups is 2. The monoisotopic (exact) mass is 443 g/mol. The number of thiophene rings is 1. The van der Waals surface area contributed by atoms with Crippen LogP contribution in [0.15, 0.2) is 65.4 Å². The van der Waals surface area contributed by atoms with Gasteiger partial charge in [-0.1, -0.05) is 29.8 Å². The van der Waals surface area contributed by atoms with Crippen LogP contribution < -0.4 is 10.6 Å². The molecule has 0 radical (unpaired) electrons. The molecule has 0 spiro atoms. The lowest BCUT2D eigenvalue weighted by molar-refractivity contribution is -0.384. The molecular weight excluding hydrogens is 426 g/mol. The van der Waals surface area contributed by atoms with Gasteiger partial charge >= 0.3 is 0 Å².